The van der Waals surface area contributed by atoms with Crippen LogP contribution in [0.4, 0.5) is 0 Å². The molecule has 0 heterocycles. The summed E-state index contributed by atoms with van der Waals surface area (Å²) in [5.74, 6) is -2.10. The Morgan fingerprint density at radius 1 is 1.12 bits per heavy atom. The summed E-state index contributed by atoms with van der Waals surface area (Å²) in [4.78, 5) is 22.5. The van der Waals surface area contributed by atoms with Gasteiger partial charge >= 0.3 is 5.97 Å². The molecule has 1 saturated carbocycles. The normalized spacial score (nSPS) is 22.9. The van der Waals surface area contributed by atoms with Gasteiger partial charge in [0.05, 0.1) is 5.92 Å². The zero-order valence-corrected chi connectivity index (χ0v) is 9.63. The molecule has 0 aliphatic heterocycles. The maximum atomic E-state index is 11.8. The second-order valence-corrected chi connectivity index (χ2v) is 4.68. The molecule has 84 valence electrons. The van der Waals surface area contributed by atoms with Crippen LogP contribution in [0.1, 0.15) is 16.8 Å². The molecule has 0 spiro atoms. The Bertz CT molecular complexity index is 450. The summed E-state index contributed by atoms with van der Waals surface area (Å²) >= 11 is 11.5. The number of halogens is 2. The molecule has 16 heavy (non-hydrogen) atoms. The Labute approximate surface area is 102 Å². The molecular formula is C11H8Cl2O3. The molecule has 0 saturated heterocycles. The van der Waals surface area contributed by atoms with Crippen molar-refractivity contribution in [3.8, 4) is 0 Å². The number of Topliss-reactive ketones (excluding diaryl/α,β-unsaturated/α-hetero) is 1. The van der Waals surface area contributed by atoms with E-state index < -0.39 is 17.8 Å². The molecule has 1 N–H and O–H groups in total. The summed E-state index contributed by atoms with van der Waals surface area (Å²) in [6.07, 6.45) is 0.401. The Hall–Kier alpha value is -1.06. The molecule has 2 atom stereocenters. The molecule has 1 fully saturated rings. The maximum Gasteiger partial charge on any atom is 0.307 e. The molecule has 1 aliphatic carbocycles. The van der Waals surface area contributed by atoms with E-state index in [-0.39, 0.29) is 5.78 Å². The number of aliphatic carboxylic acids is 1. The molecule has 0 radical (unpaired) electrons. The molecule has 1 aromatic rings. The first kappa shape index (κ1) is 11.4. The van der Waals surface area contributed by atoms with Gasteiger partial charge in [-0.1, -0.05) is 23.2 Å². The first-order chi connectivity index (χ1) is 7.49. The molecular weight excluding hydrogens is 251 g/mol. The van der Waals surface area contributed by atoms with Crippen molar-refractivity contribution in [1.29, 1.82) is 0 Å². The predicted molar refractivity (Wildman–Crippen MR) is 60.0 cm³/mol. The van der Waals surface area contributed by atoms with Crippen LogP contribution >= 0.6 is 23.2 Å². The topological polar surface area (TPSA) is 54.4 Å². The molecule has 1 aliphatic rings. The van der Waals surface area contributed by atoms with E-state index in [0.717, 1.165) is 0 Å². The second kappa shape index (κ2) is 4.07. The van der Waals surface area contributed by atoms with Gasteiger partial charge < -0.3 is 5.11 Å². The van der Waals surface area contributed by atoms with Gasteiger partial charge in [0.25, 0.3) is 0 Å². The average molecular weight is 259 g/mol. The van der Waals surface area contributed by atoms with Crippen molar-refractivity contribution in [3.05, 3.63) is 33.8 Å². The van der Waals surface area contributed by atoms with E-state index in [2.05, 4.69) is 0 Å². The third kappa shape index (κ3) is 2.20. The van der Waals surface area contributed by atoms with E-state index in [1.165, 1.54) is 18.2 Å². The third-order valence-electron chi connectivity index (χ3n) is 2.59. The molecule has 0 bridgehead atoms. The quantitative estimate of drug-likeness (QED) is 0.849. The van der Waals surface area contributed by atoms with Crippen LogP contribution < -0.4 is 0 Å². The lowest BCUT2D eigenvalue weighted by Crippen LogP contribution is -2.08. The molecule has 5 heteroatoms. The summed E-state index contributed by atoms with van der Waals surface area (Å²) in [5, 5.41) is 9.48. The first-order valence-corrected chi connectivity index (χ1v) is 5.47. The summed E-state index contributed by atoms with van der Waals surface area (Å²) in [5.41, 5.74) is 0.381. The maximum absolute atomic E-state index is 11.8. The standard InChI is InChI=1S/C11H8Cl2O3/c12-6-1-5(2-7(13)3-6)10(14)8-4-9(8)11(15)16/h1-3,8-9H,4H2,(H,15,16)/t8-,9-/m0/s1. The Kier molecular flexibility index (Phi) is 2.91. The lowest BCUT2D eigenvalue weighted by molar-refractivity contribution is -0.138. The van der Waals surface area contributed by atoms with Crippen LogP contribution in [-0.4, -0.2) is 16.9 Å². The lowest BCUT2D eigenvalue weighted by atomic mass is 10.1. The highest BCUT2D eigenvalue weighted by atomic mass is 35.5. The SMILES string of the molecule is O=C(O)[C@H]1C[C@@H]1C(=O)c1cc(Cl)cc(Cl)c1. The van der Waals surface area contributed by atoms with Gasteiger partial charge in [-0.3, -0.25) is 9.59 Å². The molecule has 0 aromatic heterocycles. The fourth-order valence-corrected chi connectivity index (χ4v) is 2.19. The minimum absolute atomic E-state index is 0.197. The zero-order valence-electron chi connectivity index (χ0n) is 8.11. The van der Waals surface area contributed by atoms with Crippen molar-refractivity contribution in [2.24, 2.45) is 11.8 Å². The molecule has 0 amide bonds. The van der Waals surface area contributed by atoms with Crippen molar-refractivity contribution in [2.75, 3.05) is 0 Å². The van der Waals surface area contributed by atoms with Gasteiger partial charge in [0.1, 0.15) is 0 Å². The van der Waals surface area contributed by atoms with Crippen molar-refractivity contribution < 1.29 is 14.7 Å². The number of benzene rings is 1. The van der Waals surface area contributed by atoms with Gasteiger partial charge in [0.2, 0.25) is 0 Å². The fraction of sp³-hybridized carbons (Fsp3) is 0.273. The van der Waals surface area contributed by atoms with Crippen molar-refractivity contribution in [3.63, 3.8) is 0 Å². The van der Waals surface area contributed by atoms with Gasteiger partial charge in [0.15, 0.2) is 5.78 Å². The Morgan fingerprint density at radius 3 is 2.12 bits per heavy atom. The van der Waals surface area contributed by atoms with Crippen molar-refractivity contribution in [1.82, 2.24) is 0 Å². The van der Waals surface area contributed by atoms with Gasteiger partial charge in [-0.15, -0.1) is 0 Å². The molecule has 1 aromatic carbocycles. The smallest absolute Gasteiger partial charge is 0.307 e. The fourth-order valence-electron chi connectivity index (χ4n) is 1.67. The second-order valence-electron chi connectivity index (χ2n) is 3.81. The van der Waals surface area contributed by atoms with E-state index in [4.69, 9.17) is 28.3 Å². The van der Waals surface area contributed by atoms with E-state index in [9.17, 15) is 9.59 Å². The highest BCUT2D eigenvalue weighted by molar-refractivity contribution is 6.35. The number of carbonyl (C=O) groups is 2. The van der Waals surface area contributed by atoms with Gasteiger partial charge in [-0.25, -0.2) is 0 Å². The summed E-state index contributed by atoms with van der Waals surface area (Å²) in [7, 11) is 0. The molecule has 0 unspecified atom stereocenters. The van der Waals surface area contributed by atoms with Crippen molar-refractivity contribution in [2.45, 2.75) is 6.42 Å². The summed E-state index contributed by atoms with van der Waals surface area (Å²) in [6.45, 7) is 0. The summed E-state index contributed by atoms with van der Waals surface area (Å²) < 4.78 is 0. The minimum atomic E-state index is -0.925. The molecule has 3 nitrogen and oxygen atoms in total. The van der Waals surface area contributed by atoms with Crippen LogP contribution in [-0.2, 0) is 4.79 Å². The van der Waals surface area contributed by atoms with E-state index in [1.807, 2.05) is 0 Å². The van der Waals surface area contributed by atoms with Gasteiger partial charge in [-0.05, 0) is 24.6 Å². The minimum Gasteiger partial charge on any atom is -0.481 e. The number of carboxylic acids is 1. The van der Waals surface area contributed by atoms with E-state index >= 15 is 0 Å². The number of carbonyl (C=O) groups excluding carboxylic acids is 1. The number of rotatable bonds is 3. The Balaban J connectivity index is 2.19. The highest BCUT2D eigenvalue weighted by Crippen LogP contribution is 2.41. The van der Waals surface area contributed by atoms with E-state index in [0.29, 0.717) is 22.0 Å². The Morgan fingerprint density at radius 2 is 1.69 bits per heavy atom. The van der Waals surface area contributed by atoms with Crippen LogP contribution in [0.15, 0.2) is 18.2 Å². The monoisotopic (exact) mass is 258 g/mol. The van der Waals surface area contributed by atoms with Gasteiger partial charge in [0, 0.05) is 21.5 Å². The van der Waals surface area contributed by atoms with Gasteiger partial charge in [-0.2, -0.15) is 0 Å². The number of hydrogen-bond acceptors (Lipinski definition) is 2. The van der Waals surface area contributed by atoms with Crippen LogP contribution in [0.3, 0.4) is 0 Å². The van der Waals surface area contributed by atoms with Crippen LogP contribution in [0.5, 0.6) is 0 Å². The first-order valence-electron chi connectivity index (χ1n) is 4.72. The number of ketones is 1. The number of hydrogen-bond donors (Lipinski definition) is 1. The summed E-state index contributed by atoms with van der Waals surface area (Å²) in [6, 6.07) is 4.54. The van der Waals surface area contributed by atoms with Crippen LogP contribution in [0.2, 0.25) is 10.0 Å². The van der Waals surface area contributed by atoms with Crippen molar-refractivity contribution >= 4 is 35.0 Å². The predicted octanol–water partition coefficient (Wildman–Crippen LogP) is 2.90. The van der Waals surface area contributed by atoms with E-state index in [1.54, 1.807) is 0 Å². The highest BCUT2D eigenvalue weighted by Gasteiger charge is 2.48. The average Bonchev–Trinajstić information content (AvgIpc) is 2.94. The zero-order chi connectivity index (χ0) is 11.9. The van der Waals surface area contributed by atoms with Crippen LogP contribution in [0.25, 0.3) is 0 Å². The molecule has 2 rings (SSSR count). The third-order valence-corrected chi connectivity index (χ3v) is 3.03. The van der Waals surface area contributed by atoms with Crippen LogP contribution in [0, 0.1) is 11.8 Å². The largest absolute Gasteiger partial charge is 0.481 e. The number of carboxylic acid groups (broad SMARTS) is 1. The lowest BCUT2D eigenvalue weighted by Gasteiger charge is -2.01.